The maximum Gasteiger partial charge on any atom is 0.219 e. The molecule has 1 aliphatic carbocycles. The van der Waals surface area contributed by atoms with Crippen LogP contribution in [0.3, 0.4) is 0 Å². The maximum atomic E-state index is 11.3. The van der Waals surface area contributed by atoms with Gasteiger partial charge in [0.2, 0.25) is 10.3 Å². The van der Waals surface area contributed by atoms with Gasteiger partial charge in [-0.1, -0.05) is 20.8 Å². The molecule has 96 valence electrons. The van der Waals surface area contributed by atoms with Crippen molar-refractivity contribution >= 4 is 15.2 Å². The highest BCUT2D eigenvalue weighted by molar-refractivity contribution is 7.73. The third kappa shape index (κ3) is 2.30. The molecule has 17 heavy (non-hydrogen) atoms. The molecule has 0 saturated carbocycles. The van der Waals surface area contributed by atoms with E-state index in [9.17, 15) is 13.5 Å². The zero-order valence-electron chi connectivity index (χ0n) is 10.8. The van der Waals surface area contributed by atoms with Crippen molar-refractivity contribution < 1.29 is 13.5 Å². The highest BCUT2D eigenvalue weighted by Crippen LogP contribution is 2.36. The van der Waals surface area contributed by atoms with Gasteiger partial charge in [-0.3, -0.25) is 0 Å². The van der Waals surface area contributed by atoms with Crippen molar-refractivity contribution in [3.63, 3.8) is 0 Å². The first-order chi connectivity index (χ1) is 7.59. The monoisotopic (exact) mass is 257 g/mol. The van der Waals surface area contributed by atoms with Crippen molar-refractivity contribution in [3.8, 4) is 0 Å². The Morgan fingerprint density at radius 3 is 2.00 bits per heavy atom. The second kappa shape index (κ2) is 4.31. The summed E-state index contributed by atoms with van der Waals surface area (Å²) < 4.78 is 22.7. The van der Waals surface area contributed by atoms with E-state index in [1.54, 1.807) is 6.92 Å². The molecular weight excluding hydrogens is 238 g/mol. The largest absolute Gasteiger partial charge is 0.510 e. The standard InChI is InChI=1S/C12H19NO3S/c1-6-7(2)10(14)9(13)11(17(15)16)8(6)12(3,4)5/h9,14H,13H2,1-5H3. The minimum atomic E-state index is -2.43. The van der Waals surface area contributed by atoms with Gasteiger partial charge < -0.3 is 10.8 Å². The van der Waals surface area contributed by atoms with Crippen molar-refractivity contribution in [1.29, 1.82) is 0 Å². The Balaban J connectivity index is 3.76. The molecule has 0 aliphatic heterocycles. The Bertz CT molecular complexity index is 537. The van der Waals surface area contributed by atoms with Crippen LogP contribution in [0, 0.1) is 5.41 Å². The molecule has 5 heteroatoms. The van der Waals surface area contributed by atoms with E-state index < -0.39 is 16.3 Å². The van der Waals surface area contributed by atoms with Gasteiger partial charge in [0, 0.05) is 0 Å². The highest BCUT2D eigenvalue weighted by atomic mass is 32.2. The van der Waals surface area contributed by atoms with Crippen molar-refractivity contribution in [2.24, 2.45) is 11.1 Å². The maximum absolute atomic E-state index is 11.3. The average Bonchev–Trinajstić information content (AvgIpc) is 2.17. The fourth-order valence-electron chi connectivity index (χ4n) is 2.20. The SMILES string of the molecule is CC1=C(O)C(N)C(=S(=O)=O)C(C(C)(C)C)=C1C. The summed E-state index contributed by atoms with van der Waals surface area (Å²) in [7, 11) is -2.43. The summed E-state index contributed by atoms with van der Waals surface area (Å²) >= 11 is 0. The van der Waals surface area contributed by atoms with E-state index in [4.69, 9.17) is 5.73 Å². The van der Waals surface area contributed by atoms with Gasteiger partial charge in [-0.2, -0.15) is 8.42 Å². The molecular formula is C12H19NO3S. The topological polar surface area (TPSA) is 80.4 Å². The summed E-state index contributed by atoms with van der Waals surface area (Å²) in [6.45, 7) is 9.36. The molecule has 1 rings (SSSR count). The lowest BCUT2D eigenvalue weighted by molar-refractivity contribution is 0.379. The van der Waals surface area contributed by atoms with Crippen molar-refractivity contribution in [3.05, 3.63) is 22.5 Å². The van der Waals surface area contributed by atoms with E-state index in [2.05, 4.69) is 0 Å². The lowest BCUT2D eigenvalue weighted by Crippen LogP contribution is -2.41. The molecule has 0 spiro atoms. The van der Waals surface area contributed by atoms with Gasteiger partial charge in [0.15, 0.2) is 0 Å². The van der Waals surface area contributed by atoms with Crippen LogP contribution >= 0.6 is 0 Å². The first-order valence-electron chi connectivity index (χ1n) is 5.42. The number of rotatable bonds is 0. The molecule has 0 aromatic rings. The average molecular weight is 257 g/mol. The van der Waals surface area contributed by atoms with E-state index in [0.29, 0.717) is 11.1 Å². The molecule has 0 aromatic heterocycles. The van der Waals surface area contributed by atoms with Gasteiger partial charge in [-0.05, 0) is 36.0 Å². The molecule has 0 aromatic carbocycles. The first-order valence-corrected chi connectivity index (χ1v) is 6.50. The predicted molar refractivity (Wildman–Crippen MR) is 69.4 cm³/mol. The van der Waals surface area contributed by atoms with E-state index >= 15 is 0 Å². The van der Waals surface area contributed by atoms with Crippen LogP contribution < -0.4 is 5.73 Å². The Morgan fingerprint density at radius 1 is 1.18 bits per heavy atom. The molecule has 3 N–H and O–H groups in total. The smallest absolute Gasteiger partial charge is 0.219 e. The van der Waals surface area contributed by atoms with Crippen LogP contribution in [0.4, 0.5) is 0 Å². The molecule has 0 bridgehead atoms. The second-order valence-corrected chi connectivity index (χ2v) is 6.25. The number of nitrogens with two attached hydrogens (primary N) is 1. The molecule has 4 nitrogen and oxygen atoms in total. The minimum absolute atomic E-state index is 0.0605. The Morgan fingerprint density at radius 2 is 1.65 bits per heavy atom. The summed E-state index contributed by atoms with van der Waals surface area (Å²) in [5.74, 6) is -0.0605. The van der Waals surface area contributed by atoms with Crippen LogP contribution in [0.5, 0.6) is 0 Å². The number of hydrogen-bond donors (Lipinski definition) is 2. The Labute approximate surface area is 103 Å². The summed E-state index contributed by atoms with van der Waals surface area (Å²) in [5.41, 5.74) is 7.61. The fourth-order valence-corrected chi connectivity index (χ4v) is 3.14. The molecule has 1 aliphatic rings. The Kier molecular flexibility index (Phi) is 3.55. The van der Waals surface area contributed by atoms with E-state index in [-0.39, 0.29) is 16.0 Å². The van der Waals surface area contributed by atoms with Gasteiger partial charge in [-0.15, -0.1) is 0 Å². The third-order valence-corrected chi connectivity index (χ3v) is 3.89. The molecule has 0 amide bonds. The highest BCUT2D eigenvalue weighted by Gasteiger charge is 2.35. The van der Waals surface area contributed by atoms with Crippen LogP contribution in [-0.4, -0.2) is 24.4 Å². The van der Waals surface area contributed by atoms with E-state index in [1.807, 2.05) is 27.7 Å². The fraction of sp³-hybridized carbons (Fsp3) is 0.583. The predicted octanol–water partition coefficient (Wildman–Crippen LogP) is 1.57. The van der Waals surface area contributed by atoms with Crippen LogP contribution in [-0.2, 0) is 10.3 Å². The quantitative estimate of drug-likeness (QED) is 0.646. The van der Waals surface area contributed by atoms with Gasteiger partial charge in [0.05, 0.1) is 0 Å². The number of aliphatic hydroxyl groups excluding tert-OH is 1. The molecule has 0 radical (unpaired) electrons. The summed E-state index contributed by atoms with van der Waals surface area (Å²) in [5, 5.41) is 9.85. The third-order valence-electron chi connectivity index (χ3n) is 3.07. The lowest BCUT2D eigenvalue weighted by atomic mass is 9.75. The summed E-state index contributed by atoms with van der Waals surface area (Å²) in [4.78, 5) is 0.0955. The first kappa shape index (κ1) is 14.0. The normalized spacial score (nSPS) is 22.2. The lowest BCUT2D eigenvalue weighted by Gasteiger charge is -2.32. The van der Waals surface area contributed by atoms with Gasteiger partial charge in [-0.25, -0.2) is 0 Å². The number of allylic oxidation sites excluding steroid dienone is 2. The van der Waals surface area contributed by atoms with Crippen molar-refractivity contribution in [1.82, 2.24) is 0 Å². The van der Waals surface area contributed by atoms with Gasteiger partial charge in [0.1, 0.15) is 16.7 Å². The zero-order valence-corrected chi connectivity index (χ0v) is 11.6. The summed E-state index contributed by atoms with van der Waals surface area (Å²) in [6.07, 6.45) is 0. The van der Waals surface area contributed by atoms with Gasteiger partial charge >= 0.3 is 0 Å². The van der Waals surface area contributed by atoms with Crippen LogP contribution in [0.2, 0.25) is 0 Å². The van der Waals surface area contributed by atoms with Crippen molar-refractivity contribution in [2.75, 3.05) is 0 Å². The van der Waals surface area contributed by atoms with Gasteiger partial charge in [0.25, 0.3) is 0 Å². The molecule has 0 saturated heterocycles. The van der Waals surface area contributed by atoms with Crippen molar-refractivity contribution in [2.45, 2.75) is 40.7 Å². The van der Waals surface area contributed by atoms with E-state index in [0.717, 1.165) is 5.57 Å². The zero-order chi connectivity index (χ0) is 13.5. The number of aliphatic hydroxyl groups is 1. The van der Waals surface area contributed by atoms with E-state index in [1.165, 1.54) is 0 Å². The molecule has 1 atom stereocenters. The van der Waals surface area contributed by atoms with Crippen LogP contribution in [0.25, 0.3) is 0 Å². The number of hydrogen-bond acceptors (Lipinski definition) is 4. The van der Waals surface area contributed by atoms with Crippen LogP contribution in [0.15, 0.2) is 22.5 Å². The molecule has 0 heterocycles. The van der Waals surface area contributed by atoms with Crippen LogP contribution in [0.1, 0.15) is 34.6 Å². The Hall–Kier alpha value is -1.07. The molecule has 0 fully saturated rings. The minimum Gasteiger partial charge on any atom is -0.510 e. The summed E-state index contributed by atoms with van der Waals surface area (Å²) in [6, 6.07) is -0.953. The second-order valence-electron chi connectivity index (χ2n) is 5.34. The molecule has 1 unspecified atom stereocenters.